The van der Waals surface area contributed by atoms with E-state index >= 15 is 0 Å². The zero-order chi connectivity index (χ0) is 57.4. The van der Waals surface area contributed by atoms with Gasteiger partial charge in [-0.25, -0.2) is 9.36 Å². The Bertz CT molecular complexity index is 3450. The molecular weight excluding hydrogens is 1040 g/mol. The molecule has 0 bridgehead atoms. The Kier molecular flexibility index (Phi) is 17.5. The van der Waals surface area contributed by atoms with E-state index in [1.165, 1.54) is 44.5 Å². The standard InChI is InChI=1S/C73H68N12/c1-9-27-60(28-10-1)56-84-70(76-78-80-84)82(53-25-51-74-72(62-31-13-3-14-32-62,63-33-15-4-16-34-63)64-35-17-5-18-36-64)68-47-43-58(44-48-68)55-59-45-49-69(50-46-59)83(71-77-79-81-85(71)57-61-29-11-2-12-30-61)54-26-52-75-73(65-37-19-6-20-38-65,66-39-21-7-22-40-66)67-41-23-8-24-42-67/h1-24,27-50,74-75H,25-26,51-57H2. The molecule has 0 aliphatic rings. The average molecular weight is 1110 g/mol. The molecule has 12 aromatic rings. The topological polar surface area (TPSA) is 118 Å². The van der Waals surface area contributed by atoms with Crippen molar-refractivity contribution in [3.63, 3.8) is 0 Å². The molecule has 0 saturated heterocycles. The minimum Gasteiger partial charge on any atom is -0.309 e. The summed E-state index contributed by atoms with van der Waals surface area (Å²) in [7, 11) is 0. The molecule has 2 N–H and O–H groups in total. The van der Waals surface area contributed by atoms with Crippen molar-refractivity contribution in [2.45, 2.75) is 43.4 Å². The van der Waals surface area contributed by atoms with E-state index in [1.54, 1.807) is 0 Å². The molecule has 12 heteroatoms. The van der Waals surface area contributed by atoms with Crippen LogP contribution in [-0.2, 0) is 30.6 Å². The van der Waals surface area contributed by atoms with Gasteiger partial charge in [-0.3, -0.25) is 10.6 Å². The van der Waals surface area contributed by atoms with Crippen LogP contribution in [0.3, 0.4) is 0 Å². The summed E-state index contributed by atoms with van der Waals surface area (Å²) in [5.41, 5.74) is 12.5. The second-order valence-electron chi connectivity index (χ2n) is 21.3. The highest BCUT2D eigenvalue weighted by atomic mass is 15.6. The lowest BCUT2D eigenvalue weighted by molar-refractivity contribution is 0.466. The second-order valence-corrected chi connectivity index (χ2v) is 21.3. The summed E-state index contributed by atoms with van der Waals surface area (Å²) in [6, 6.07) is 103. The van der Waals surface area contributed by atoms with Crippen LogP contribution in [0.2, 0.25) is 0 Å². The third-order valence-corrected chi connectivity index (χ3v) is 15.9. The van der Waals surface area contributed by atoms with Crippen LogP contribution in [0.15, 0.2) is 291 Å². The Balaban J connectivity index is 0.792. The first-order valence-corrected chi connectivity index (χ1v) is 29.3. The largest absolute Gasteiger partial charge is 0.309 e. The minimum atomic E-state index is -0.583. The van der Waals surface area contributed by atoms with E-state index in [2.05, 4.69) is 331 Å². The third kappa shape index (κ3) is 12.6. The number of nitrogens with one attached hydrogen (secondary N) is 2. The van der Waals surface area contributed by atoms with Gasteiger partial charge in [-0.2, -0.15) is 0 Å². The van der Waals surface area contributed by atoms with Gasteiger partial charge in [0.15, 0.2) is 0 Å². The van der Waals surface area contributed by atoms with Crippen LogP contribution in [0.5, 0.6) is 0 Å². The van der Waals surface area contributed by atoms with Crippen LogP contribution in [0, 0.1) is 0 Å². The number of tetrazole rings is 2. The Hall–Kier alpha value is -10.1. The summed E-state index contributed by atoms with van der Waals surface area (Å²) in [5.74, 6) is 1.37. The molecule has 0 aliphatic heterocycles. The fraction of sp³-hybridized carbons (Fsp3) is 0.151. The minimum absolute atomic E-state index is 0.541. The maximum atomic E-state index is 4.67. The van der Waals surface area contributed by atoms with Crippen LogP contribution in [0.1, 0.15) is 68.5 Å². The van der Waals surface area contributed by atoms with Crippen molar-refractivity contribution >= 4 is 23.3 Å². The first-order chi connectivity index (χ1) is 42.1. The van der Waals surface area contributed by atoms with E-state index in [-0.39, 0.29) is 0 Å². The van der Waals surface area contributed by atoms with E-state index in [1.807, 2.05) is 21.5 Å². The molecule has 0 amide bonds. The molecule has 0 radical (unpaired) electrons. The number of anilines is 4. The lowest BCUT2D eigenvalue weighted by Gasteiger charge is -2.37. The molecular formula is C73H68N12. The highest BCUT2D eigenvalue weighted by Crippen LogP contribution is 2.39. The van der Waals surface area contributed by atoms with Gasteiger partial charge in [-0.15, -0.1) is 0 Å². The summed E-state index contributed by atoms with van der Waals surface area (Å²) in [6.07, 6.45) is 2.33. The summed E-state index contributed by atoms with van der Waals surface area (Å²) in [6.45, 7) is 3.81. The fourth-order valence-electron chi connectivity index (χ4n) is 11.8. The third-order valence-electron chi connectivity index (χ3n) is 15.9. The summed E-state index contributed by atoms with van der Waals surface area (Å²) in [4.78, 5) is 4.50. The summed E-state index contributed by atoms with van der Waals surface area (Å²) < 4.78 is 3.79. The molecule has 0 unspecified atom stereocenters. The maximum absolute atomic E-state index is 4.67. The molecule has 12 nitrogen and oxygen atoms in total. The van der Waals surface area contributed by atoms with E-state index in [4.69, 9.17) is 0 Å². The molecule has 2 heterocycles. The van der Waals surface area contributed by atoms with Crippen molar-refractivity contribution in [3.05, 3.63) is 347 Å². The highest BCUT2D eigenvalue weighted by molar-refractivity contribution is 5.60. The van der Waals surface area contributed by atoms with Crippen molar-refractivity contribution in [2.75, 3.05) is 36.0 Å². The van der Waals surface area contributed by atoms with Gasteiger partial charge in [0.2, 0.25) is 11.9 Å². The fourth-order valence-corrected chi connectivity index (χ4v) is 11.8. The lowest BCUT2D eigenvalue weighted by atomic mass is 9.77. The number of hydrogen-bond donors (Lipinski definition) is 2. The summed E-state index contributed by atoms with van der Waals surface area (Å²) in [5, 5.41) is 35.0. The lowest BCUT2D eigenvalue weighted by Crippen LogP contribution is -2.45. The van der Waals surface area contributed by atoms with Gasteiger partial charge < -0.3 is 9.80 Å². The van der Waals surface area contributed by atoms with Gasteiger partial charge in [0.05, 0.1) is 24.2 Å². The number of rotatable bonds is 26. The molecule has 0 aliphatic carbocycles. The predicted octanol–water partition coefficient (Wildman–Crippen LogP) is 13.6. The molecule has 85 heavy (non-hydrogen) atoms. The van der Waals surface area contributed by atoms with Gasteiger partial charge in [0.25, 0.3) is 0 Å². The SMILES string of the molecule is c1ccc(Cn2nnnc2N(CCCNC(c2ccccc2)(c2ccccc2)c2ccccc2)c2ccc(Cc3ccc(N(CCCNC(c4ccccc4)(c4ccccc4)c4ccccc4)c4nnnn4Cc4ccccc4)cc3)cc2)cc1. The molecule has 0 saturated carbocycles. The Labute approximate surface area is 498 Å². The van der Waals surface area contributed by atoms with E-state index in [0.717, 1.165) is 41.8 Å². The van der Waals surface area contributed by atoms with Crippen molar-refractivity contribution in [2.24, 2.45) is 0 Å². The second kappa shape index (κ2) is 26.8. The monoisotopic (exact) mass is 1110 g/mol. The normalized spacial score (nSPS) is 11.6. The van der Waals surface area contributed by atoms with Crippen LogP contribution >= 0.6 is 0 Å². The molecule has 0 fully saturated rings. The van der Waals surface area contributed by atoms with Crippen LogP contribution in [-0.4, -0.2) is 66.6 Å². The molecule has 0 atom stereocenters. The Morgan fingerprint density at radius 2 is 0.576 bits per heavy atom. The zero-order valence-electron chi connectivity index (χ0n) is 47.5. The number of aromatic nitrogens is 8. The Morgan fingerprint density at radius 3 is 0.859 bits per heavy atom. The average Bonchev–Trinajstić information content (AvgIpc) is 4.43. The number of hydrogen-bond acceptors (Lipinski definition) is 10. The number of benzene rings is 10. The van der Waals surface area contributed by atoms with Gasteiger partial charge >= 0.3 is 0 Å². The van der Waals surface area contributed by atoms with Gasteiger partial charge in [0.1, 0.15) is 0 Å². The van der Waals surface area contributed by atoms with Crippen LogP contribution < -0.4 is 20.4 Å². The molecule has 12 rings (SSSR count). The van der Waals surface area contributed by atoms with Crippen LogP contribution in [0.4, 0.5) is 23.3 Å². The molecule has 10 aromatic carbocycles. The Morgan fingerprint density at radius 1 is 0.306 bits per heavy atom. The number of nitrogens with zero attached hydrogens (tertiary/aromatic N) is 10. The van der Waals surface area contributed by atoms with E-state index in [0.29, 0.717) is 51.2 Å². The predicted molar refractivity (Wildman–Crippen MR) is 340 cm³/mol. The summed E-state index contributed by atoms with van der Waals surface area (Å²) >= 11 is 0. The first kappa shape index (κ1) is 55.4. The van der Waals surface area contributed by atoms with Crippen molar-refractivity contribution < 1.29 is 0 Å². The van der Waals surface area contributed by atoms with Crippen molar-refractivity contribution in [1.82, 2.24) is 51.0 Å². The first-order valence-electron chi connectivity index (χ1n) is 29.3. The van der Waals surface area contributed by atoms with Gasteiger partial charge in [-0.1, -0.05) is 277 Å². The van der Waals surface area contributed by atoms with E-state index < -0.39 is 11.1 Å². The smallest absolute Gasteiger partial charge is 0.250 e. The quantitative estimate of drug-likeness (QED) is 0.0401. The van der Waals surface area contributed by atoms with Gasteiger partial charge in [0, 0.05) is 24.5 Å². The van der Waals surface area contributed by atoms with Crippen molar-refractivity contribution in [3.8, 4) is 0 Å². The van der Waals surface area contributed by atoms with E-state index in [9.17, 15) is 0 Å². The molecule has 0 spiro atoms. The van der Waals surface area contributed by atoms with Gasteiger partial charge in [-0.05, 0) is 133 Å². The molecule has 420 valence electrons. The van der Waals surface area contributed by atoms with Crippen molar-refractivity contribution in [1.29, 1.82) is 0 Å². The zero-order valence-corrected chi connectivity index (χ0v) is 47.5. The highest BCUT2D eigenvalue weighted by Gasteiger charge is 2.37. The maximum Gasteiger partial charge on any atom is 0.250 e. The molecule has 2 aromatic heterocycles. The van der Waals surface area contributed by atoms with Crippen LogP contribution in [0.25, 0.3) is 0 Å².